The van der Waals surface area contributed by atoms with Gasteiger partial charge in [-0.1, -0.05) is 54.6 Å². The number of hydrogen-bond donors (Lipinski definition) is 0. The predicted molar refractivity (Wildman–Crippen MR) is 68.5 cm³/mol. The van der Waals surface area contributed by atoms with Crippen LogP contribution in [-0.2, 0) is 12.8 Å². The highest BCUT2D eigenvalue weighted by molar-refractivity contribution is 6.07. The summed E-state index contributed by atoms with van der Waals surface area (Å²) in [5.41, 5.74) is 0.448. The third-order valence-electron chi connectivity index (χ3n) is 3.47. The summed E-state index contributed by atoms with van der Waals surface area (Å²) in [6, 6.07) is 16.5. The van der Waals surface area contributed by atoms with E-state index in [0.717, 1.165) is 11.1 Å². The number of benzene rings is 2. The number of hydrogen-bond acceptors (Lipinski definition) is 1. The molecule has 0 bridgehead atoms. The van der Waals surface area contributed by atoms with E-state index in [2.05, 4.69) is 0 Å². The SMILES string of the molecule is O=C1c2ccccc2CC1(F)Cc1ccccc1. The molecule has 0 saturated heterocycles. The third-order valence-corrected chi connectivity index (χ3v) is 3.47. The van der Waals surface area contributed by atoms with Gasteiger partial charge in [-0.05, 0) is 11.1 Å². The fourth-order valence-electron chi connectivity index (χ4n) is 2.58. The number of rotatable bonds is 2. The second-order valence-corrected chi connectivity index (χ2v) is 4.79. The molecule has 2 aromatic rings. The Kier molecular flexibility index (Phi) is 2.51. The van der Waals surface area contributed by atoms with Crippen LogP contribution in [0.25, 0.3) is 0 Å². The van der Waals surface area contributed by atoms with Crippen molar-refractivity contribution in [2.24, 2.45) is 0 Å². The molecule has 2 aromatic carbocycles. The molecule has 0 N–H and O–H groups in total. The van der Waals surface area contributed by atoms with E-state index < -0.39 is 5.67 Å². The Morgan fingerprint density at radius 1 is 1.00 bits per heavy atom. The average Bonchev–Trinajstić information content (AvgIpc) is 2.63. The first kappa shape index (κ1) is 11.1. The third kappa shape index (κ3) is 1.74. The monoisotopic (exact) mass is 240 g/mol. The topological polar surface area (TPSA) is 17.1 Å². The van der Waals surface area contributed by atoms with Crippen LogP contribution < -0.4 is 0 Å². The lowest BCUT2D eigenvalue weighted by molar-refractivity contribution is 0.0720. The minimum atomic E-state index is -1.77. The number of fused-ring (bicyclic) bond motifs is 1. The van der Waals surface area contributed by atoms with Crippen molar-refractivity contribution in [3.05, 3.63) is 71.3 Å². The van der Waals surface area contributed by atoms with E-state index in [4.69, 9.17) is 0 Å². The molecule has 0 radical (unpaired) electrons. The van der Waals surface area contributed by atoms with Gasteiger partial charge in [0.2, 0.25) is 5.78 Å². The average molecular weight is 240 g/mol. The van der Waals surface area contributed by atoms with Gasteiger partial charge in [-0.15, -0.1) is 0 Å². The lowest BCUT2D eigenvalue weighted by atomic mass is 9.92. The maximum Gasteiger partial charge on any atom is 0.200 e. The van der Waals surface area contributed by atoms with Crippen LogP contribution in [0.15, 0.2) is 54.6 Å². The molecule has 1 atom stereocenters. The first-order chi connectivity index (χ1) is 8.69. The van der Waals surface area contributed by atoms with Crippen molar-refractivity contribution in [3.63, 3.8) is 0 Å². The summed E-state index contributed by atoms with van der Waals surface area (Å²) in [6.07, 6.45) is 0.345. The molecule has 1 nitrogen and oxygen atoms in total. The molecule has 1 aliphatic rings. The van der Waals surface area contributed by atoms with E-state index in [-0.39, 0.29) is 18.6 Å². The van der Waals surface area contributed by atoms with Gasteiger partial charge < -0.3 is 0 Å². The van der Waals surface area contributed by atoms with Crippen LogP contribution in [-0.4, -0.2) is 11.5 Å². The number of carbonyl (C=O) groups excluding carboxylic acids is 1. The van der Waals surface area contributed by atoms with Gasteiger partial charge in [-0.25, -0.2) is 4.39 Å². The Bertz CT molecular complexity index is 591. The van der Waals surface area contributed by atoms with Crippen LogP contribution in [0.2, 0.25) is 0 Å². The summed E-state index contributed by atoms with van der Waals surface area (Å²) in [7, 11) is 0. The van der Waals surface area contributed by atoms with Gasteiger partial charge >= 0.3 is 0 Å². The molecule has 0 amide bonds. The summed E-state index contributed by atoms with van der Waals surface area (Å²) in [4.78, 5) is 12.1. The van der Waals surface area contributed by atoms with Gasteiger partial charge in [0, 0.05) is 18.4 Å². The van der Waals surface area contributed by atoms with E-state index in [1.54, 1.807) is 12.1 Å². The predicted octanol–water partition coefficient (Wildman–Crippen LogP) is 3.38. The van der Waals surface area contributed by atoms with Gasteiger partial charge in [0.25, 0.3) is 0 Å². The molecular formula is C16H13FO. The van der Waals surface area contributed by atoms with Gasteiger partial charge in [-0.2, -0.15) is 0 Å². The van der Waals surface area contributed by atoms with Crippen LogP contribution in [0.3, 0.4) is 0 Å². The summed E-state index contributed by atoms with van der Waals surface area (Å²) < 4.78 is 14.8. The zero-order valence-corrected chi connectivity index (χ0v) is 9.90. The standard InChI is InChI=1S/C16H13FO/c17-16(10-12-6-2-1-3-7-12)11-13-8-4-5-9-14(13)15(16)18/h1-9H,10-11H2. The van der Waals surface area contributed by atoms with Crippen molar-refractivity contribution in [2.75, 3.05) is 0 Å². The second-order valence-electron chi connectivity index (χ2n) is 4.79. The summed E-state index contributed by atoms with van der Waals surface area (Å²) in [5, 5.41) is 0. The van der Waals surface area contributed by atoms with E-state index in [1.165, 1.54) is 0 Å². The smallest absolute Gasteiger partial charge is 0.200 e. The highest BCUT2D eigenvalue weighted by Crippen LogP contribution is 2.35. The minimum absolute atomic E-state index is 0.154. The Morgan fingerprint density at radius 3 is 2.39 bits per heavy atom. The van der Waals surface area contributed by atoms with E-state index >= 15 is 0 Å². The van der Waals surface area contributed by atoms with E-state index in [0.29, 0.717) is 5.56 Å². The number of Topliss-reactive ketones (excluding diaryl/α,β-unsaturated/α-hetero) is 1. The number of carbonyl (C=O) groups is 1. The molecule has 0 aliphatic heterocycles. The summed E-state index contributed by atoms with van der Waals surface area (Å²) >= 11 is 0. The van der Waals surface area contributed by atoms with Crippen LogP contribution in [0, 0.1) is 0 Å². The van der Waals surface area contributed by atoms with Gasteiger partial charge in [0.15, 0.2) is 5.67 Å². The van der Waals surface area contributed by atoms with Gasteiger partial charge in [-0.3, -0.25) is 4.79 Å². The molecule has 2 heteroatoms. The van der Waals surface area contributed by atoms with Crippen molar-refractivity contribution in [2.45, 2.75) is 18.5 Å². The van der Waals surface area contributed by atoms with E-state index in [9.17, 15) is 9.18 Å². The highest BCUT2D eigenvalue weighted by atomic mass is 19.1. The zero-order chi connectivity index (χ0) is 12.6. The van der Waals surface area contributed by atoms with Crippen molar-refractivity contribution in [1.82, 2.24) is 0 Å². The van der Waals surface area contributed by atoms with Crippen molar-refractivity contribution < 1.29 is 9.18 Å². The molecular weight excluding hydrogens is 227 g/mol. The lowest BCUT2D eigenvalue weighted by Crippen LogP contribution is -2.33. The first-order valence-corrected chi connectivity index (χ1v) is 6.05. The van der Waals surface area contributed by atoms with Gasteiger partial charge in [0.05, 0.1) is 0 Å². The summed E-state index contributed by atoms with van der Waals surface area (Å²) in [5.74, 6) is -0.373. The van der Waals surface area contributed by atoms with Crippen molar-refractivity contribution in [1.29, 1.82) is 0 Å². The molecule has 3 rings (SSSR count). The van der Waals surface area contributed by atoms with Crippen LogP contribution in [0.4, 0.5) is 4.39 Å². The molecule has 0 fully saturated rings. The molecule has 0 heterocycles. The Balaban J connectivity index is 1.93. The molecule has 1 aliphatic carbocycles. The largest absolute Gasteiger partial charge is 0.291 e. The second kappa shape index (κ2) is 4.05. The molecule has 90 valence electrons. The minimum Gasteiger partial charge on any atom is -0.291 e. The highest BCUT2D eigenvalue weighted by Gasteiger charge is 2.45. The van der Waals surface area contributed by atoms with Crippen molar-refractivity contribution >= 4 is 5.78 Å². The quantitative estimate of drug-likeness (QED) is 0.786. The molecule has 1 unspecified atom stereocenters. The molecule has 0 saturated carbocycles. The van der Waals surface area contributed by atoms with Crippen LogP contribution >= 0.6 is 0 Å². The van der Waals surface area contributed by atoms with E-state index in [1.807, 2.05) is 42.5 Å². The molecule has 0 spiro atoms. The Morgan fingerprint density at radius 2 is 1.67 bits per heavy atom. The Labute approximate surface area is 105 Å². The molecule has 0 aromatic heterocycles. The fourth-order valence-corrected chi connectivity index (χ4v) is 2.58. The first-order valence-electron chi connectivity index (χ1n) is 6.05. The van der Waals surface area contributed by atoms with Crippen molar-refractivity contribution in [3.8, 4) is 0 Å². The normalized spacial score (nSPS) is 21.9. The molecule has 18 heavy (non-hydrogen) atoms. The van der Waals surface area contributed by atoms with Gasteiger partial charge in [0.1, 0.15) is 0 Å². The zero-order valence-electron chi connectivity index (χ0n) is 9.90. The number of alkyl halides is 1. The Hall–Kier alpha value is -1.96. The maximum absolute atomic E-state index is 14.8. The van der Waals surface area contributed by atoms with Crippen LogP contribution in [0.1, 0.15) is 21.5 Å². The lowest BCUT2D eigenvalue weighted by Gasteiger charge is -2.17. The maximum atomic E-state index is 14.8. The number of ketones is 1. The summed E-state index contributed by atoms with van der Waals surface area (Å²) in [6.45, 7) is 0. The van der Waals surface area contributed by atoms with Crippen LogP contribution in [0.5, 0.6) is 0 Å². The number of halogens is 1. The fraction of sp³-hybridized carbons (Fsp3) is 0.188.